The molecule has 4 aromatic rings. The zero-order valence-electron chi connectivity index (χ0n) is 14.8. The summed E-state index contributed by atoms with van der Waals surface area (Å²) >= 11 is 0. The molecule has 0 saturated carbocycles. The van der Waals surface area contributed by atoms with Crippen LogP contribution in [0.4, 0.5) is 0 Å². The van der Waals surface area contributed by atoms with Crippen molar-refractivity contribution in [3.8, 4) is 0 Å². The van der Waals surface area contributed by atoms with Crippen molar-refractivity contribution in [2.24, 2.45) is 28.2 Å². The topological polar surface area (TPSA) is 71.3 Å². The van der Waals surface area contributed by atoms with Gasteiger partial charge in [-0.15, -0.1) is 0 Å². The van der Waals surface area contributed by atoms with E-state index in [4.69, 9.17) is 0 Å². The first kappa shape index (κ1) is 22.5. The van der Waals surface area contributed by atoms with E-state index < -0.39 is 0 Å². The molecule has 0 atom stereocenters. The van der Waals surface area contributed by atoms with Crippen LogP contribution in [0, 0.1) is 0 Å². The number of rotatable bonds is 0. The molecule has 0 amide bonds. The Hall–Kier alpha value is -2.47. The maximum absolute atomic E-state index is 3.78. The van der Waals surface area contributed by atoms with Crippen LogP contribution < -0.4 is 0 Å². The molecule has 0 spiro atoms. The van der Waals surface area contributed by atoms with E-state index >= 15 is 0 Å². The van der Waals surface area contributed by atoms with Gasteiger partial charge in [-0.2, -0.15) is 0 Å². The zero-order chi connectivity index (χ0) is 17.6. The fraction of sp³-hybridized carbons (Fsp3) is 0.250. The standard InChI is InChI=1S/4C4H6N2.Pt/c4*1-6-3-2-5-4-6;/h4*2-4H,1H3;/q;;;;+2. The summed E-state index contributed by atoms with van der Waals surface area (Å²) in [5.41, 5.74) is 0. The summed E-state index contributed by atoms with van der Waals surface area (Å²) in [4.78, 5) is 15.1. The van der Waals surface area contributed by atoms with Crippen molar-refractivity contribution < 1.29 is 21.1 Å². The molecule has 0 N–H and O–H groups in total. The van der Waals surface area contributed by atoms with Crippen LogP contribution in [-0.4, -0.2) is 38.2 Å². The van der Waals surface area contributed by atoms with Gasteiger partial charge in [0.2, 0.25) is 0 Å². The van der Waals surface area contributed by atoms with Crippen LogP contribution in [0.1, 0.15) is 0 Å². The van der Waals surface area contributed by atoms with E-state index in [-0.39, 0.29) is 21.1 Å². The minimum atomic E-state index is 0. The smallest absolute Gasteiger partial charge is 0.341 e. The van der Waals surface area contributed by atoms with Crippen molar-refractivity contribution in [3.05, 3.63) is 74.9 Å². The van der Waals surface area contributed by atoms with Crippen LogP contribution in [0.3, 0.4) is 0 Å². The van der Waals surface area contributed by atoms with E-state index in [1.807, 2.05) is 71.2 Å². The van der Waals surface area contributed by atoms with Gasteiger partial charge in [0, 0.05) is 77.8 Å². The molecule has 0 bridgehead atoms. The van der Waals surface area contributed by atoms with Gasteiger partial charge in [0.05, 0.1) is 25.3 Å². The molecule has 4 rings (SSSR count). The van der Waals surface area contributed by atoms with Crippen LogP contribution in [0.2, 0.25) is 0 Å². The molecule has 25 heavy (non-hydrogen) atoms. The molecule has 0 unspecified atom stereocenters. The van der Waals surface area contributed by atoms with Gasteiger partial charge in [0.15, 0.2) is 0 Å². The van der Waals surface area contributed by atoms with Crippen LogP contribution >= 0.6 is 0 Å². The Kier molecular flexibility index (Phi) is 12.5. The molecule has 4 heterocycles. The van der Waals surface area contributed by atoms with Crippen LogP contribution in [-0.2, 0) is 49.3 Å². The normalized spacial score (nSPS) is 8.48. The first-order valence-electron chi connectivity index (χ1n) is 7.25. The van der Waals surface area contributed by atoms with Crippen LogP contribution in [0.25, 0.3) is 0 Å². The van der Waals surface area contributed by atoms with Crippen molar-refractivity contribution >= 4 is 0 Å². The number of hydrogen-bond acceptors (Lipinski definition) is 4. The van der Waals surface area contributed by atoms with E-state index in [1.165, 1.54) is 0 Å². The van der Waals surface area contributed by atoms with Crippen LogP contribution in [0.15, 0.2) is 74.9 Å². The molecule has 0 aliphatic carbocycles. The van der Waals surface area contributed by atoms with Gasteiger partial charge >= 0.3 is 21.1 Å². The Morgan fingerprint density at radius 2 is 0.640 bits per heavy atom. The number of hydrogen-bond donors (Lipinski definition) is 0. The molecule has 0 aliphatic heterocycles. The summed E-state index contributed by atoms with van der Waals surface area (Å²) in [5.74, 6) is 0. The van der Waals surface area contributed by atoms with Crippen molar-refractivity contribution in [2.75, 3.05) is 0 Å². The third-order valence-electron chi connectivity index (χ3n) is 2.55. The van der Waals surface area contributed by atoms with Gasteiger partial charge in [0.25, 0.3) is 0 Å². The predicted molar refractivity (Wildman–Crippen MR) is 92.8 cm³/mol. The molecule has 0 radical (unpaired) electrons. The second kappa shape index (κ2) is 13.9. The molecule has 8 nitrogen and oxygen atoms in total. The average Bonchev–Trinajstić information content (AvgIpc) is 3.31. The first-order valence-corrected chi connectivity index (χ1v) is 7.25. The molecule has 0 aliphatic rings. The van der Waals surface area contributed by atoms with Gasteiger partial charge in [-0.3, -0.25) is 0 Å². The number of imidazole rings is 4. The van der Waals surface area contributed by atoms with E-state index in [9.17, 15) is 0 Å². The Morgan fingerprint density at radius 1 is 0.440 bits per heavy atom. The van der Waals surface area contributed by atoms with Gasteiger partial charge in [-0.25, -0.2) is 19.9 Å². The molecule has 9 heteroatoms. The summed E-state index contributed by atoms with van der Waals surface area (Å²) < 4.78 is 7.56. The molecular formula is C16H24N8Pt+2. The summed E-state index contributed by atoms with van der Waals surface area (Å²) in [6, 6.07) is 0. The molecule has 0 aromatic carbocycles. The third kappa shape index (κ3) is 12.6. The monoisotopic (exact) mass is 523 g/mol. The minimum Gasteiger partial charge on any atom is -0.341 e. The second-order valence-corrected chi connectivity index (χ2v) is 4.91. The van der Waals surface area contributed by atoms with E-state index in [0.717, 1.165) is 0 Å². The Bertz CT molecular complexity index is 571. The summed E-state index contributed by atoms with van der Waals surface area (Å²) in [6.07, 6.45) is 21.6. The number of nitrogens with zero attached hydrogens (tertiary/aromatic N) is 8. The largest absolute Gasteiger partial charge is 2.00 e. The van der Waals surface area contributed by atoms with Crippen molar-refractivity contribution in [2.45, 2.75) is 0 Å². The number of aromatic nitrogens is 8. The average molecular weight is 524 g/mol. The first-order chi connectivity index (χ1) is 11.6. The Balaban J connectivity index is 0.000000303. The van der Waals surface area contributed by atoms with E-state index in [1.54, 1.807) is 50.1 Å². The van der Waals surface area contributed by atoms with E-state index in [0.29, 0.717) is 0 Å². The minimum absolute atomic E-state index is 0. The van der Waals surface area contributed by atoms with Crippen LogP contribution in [0.5, 0.6) is 0 Å². The van der Waals surface area contributed by atoms with Gasteiger partial charge in [-0.1, -0.05) is 0 Å². The summed E-state index contributed by atoms with van der Waals surface area (Å²) in [7, 11) is 7.75. The van der Waals surface area contributed by atoms with E-state index in [2.05, 4.69) is 19.9 Å². The molecule has 136 valence electrons. The van der Waals surface area contributed by atoms with Crippen molar-refractivity contribution in [1.29, 1.82) is 0 Å². The fourth-order valence-electron chi connectivity index (χ4n) is 1.30. The summed E-state index contributed by atoms with van der Waals surface area (Å²) in [6.45, 7) is 0. The maximum atomic E-state index is 3.78. The molecule has 4 aromatic heterocycles. The third-order valence-corrected chi connectivity index (χ3v) is 2.55. The fourth-order valence-corrected chi connectivity index (χ4v) is 1.30. The summed E-state index contributed by atoms with van der Waals surface area (Å²) in [5, 5.41) is 0. The Labute approximate surface area is 162 Å². The van der Waals surface area contributed by atoms with Gasteiger partial charge < -0.3 is 18.3 Å². The number of aryl methyl sites for hydroxylation is 4. The second-order valence-electron chi connectivity index (χ2n) is 4.91. The molecule has 0 fully saturated rings. The SMILES string of the molecule is Cn1ccnc1.Cn1ccnc1.Cn1ccnc1.Cn1ccnc1.[Pt+2]. The molecular weight excluding hydrogens is 499 g/mol. The maximum Gasteiger partial charge on any atom is 2.00 e. The van der Waals surface area contributed by atoms with Gasteiger partial charge in [0.1, 0.15) is 0 Å². The predicted octanol–water partition coefficient (Wildman–Crippen LogP) is 1.68. The quantitative estimate of drug-likeness (QED) is 0.352. The van der Waals surface area contributed by atoms with Gasteiger partial charge in [-0.05, 0) is 0 Å². The Morgan fingerprint density at radius 3 is 0.680 bits per heavy atom. The molecule has 0 saturated heterocycles. The van der Waals surface area contributed by atoms with Crippen molar-refractivity contribution in [3.63, 3.8) is 0 Å². The van der Waals surface area contributed by atoms with Crippen molar-refractivity contribution in [1.82, 2.24) is 38.2 Å². The zero-order valence-corrected chi connectivity index (χ0v) is 17.1.